The van der Waals surface area contributed by atoms with Gasteiger partial charge in [-0.3, -0.25) is 9.78 Å². The molecule has 0 atom stereocenters. The first-order valence-corrected chi connectivity index (χ1v) is 9.37. The van der Waals surface area contributed by atoms with Crippen molar-refractivity contribution < 1.29 is 13.2 Å². The summed E-state index contributed by atoms with van der Waals surface area (Å²) < 4.78 is 27.7. The number of hydrogen-bond acceptors (Lipinski definition) is 4. The molecule has 3 rings (SSSR count). The SMILES string of the molecule is O=C(Nc1ccncc1)c1cccc(S(=O)(=O)NC2CCCC2)c1. The molecule has 0 spiro atoms. The van der Waals surface area contributed by atoms with Crippen molar-refractivity contribution in [1.82, 2.24) is 9.71 Å². The van der Waals surface area contributed by atoms with Gasteiger partial charge in [-0.2, -0.15) is 0 Å². The molecule has 1 aliphatic carbocycles. The van der Waals surface area contributed by atoms with Crippen LogP contribution in [0.2, 0.25) is 0 Å². The number of hydrogen-bond donors (Lipinski definition) is 2. The van der Waals surface area contributed by atoms with Gasteiger partial charge in [0.2, 0.25) is 10.0 Å². The summed E-state index contributed by atoms with van der Waals surface area (Å²) in [5.41, 5.74) is 0.897. The number of anilines is 1. The van der Waals surface area contributed by atoms with Gasteiger partial charge in [-0.05, 0) is 43.2 Å². The molecule has 1 heterocycles. The van der Waals surface area contributed by atoms with E-state index in [1.54, 1.807) is 36.7 Å². The third-order valence-electron chi connectivity index (χ3n) is 4.02. The number of pyridine rings is 1. The maximum Gasteiger partial charge on any atom is 0.255 e. The van der Waals surface area contributed by atoms with Gasteiger partial charge in [0.1, 0.15) is 0 Å². The van der Waals surface area contributed by atoms with Crippen LogP contribution in [0, 0.1) is 0 Å². The van der Waals surface area contributed by atoms with Crippen LogP contribution in [-0.4, -0.2) is 25.4 Å². The molecule has 0 saturated heterocycles. The highest BCUT2D eigenvalue weighted by molar-refractivity contribution is 7.89. The summed E-state index contributed by atoms with van der Waals surface area (Å²) >= 11 is 0. The molecule has 2 aromatic rings. The lowest BCUT2D eigenvalue weighted by Gasteiger charge is -2.13. The largest absolute Gasteiger partial charge is 0.322 e. The zero-order valence-electron chi connectivity index (χ0n) is 13.1. The molecule has 2 N–H and O–H groups in total. The molecular formula is C17H19N3O3S. The van der Waals surface area contributed by atoms with Gasteiger partial charge in [0.05, 0.1) is 4.90 Å². The van der Waals surface area contributed by atoms with E-state index in [0.717, 1.165) is 25.7 Å². The monoisotopic (exact) mass is 345 g/mol. The van der Waals surface area contributed by atoms with Crippen LogP contribution < -0.4 is 10.0 Å². The van der Waals surface area contributed by atoms with E-state index in [1.807, 2.05) is 0 Å². The lowest BCUT2D eigenvalue weighted by Crippen LogP contribution is -2.32. The average Bonchev–Trinajstić information content (AvgIpc) is 3.08. The zero-order valence-corrected chi connectivity index (χ0v) is 13.9. The van der Waals surface area contributed by atoms with E-state index in [-0.39, 0.29) is 16.8 Å². The Hall–Kier alpha value is -2.25. The molecule has 1 fully saturated rings. The van der Waals surface area contributed by atoms with Gasteiger partial charge in [0.15, 0.2) is 0 Å². The van der Waals surface area contributed by atoms with Crippen LogP contribution in [0.3, 0.4) is 0 Å². The Morgan fingerprint density at radius 2 is 1.79 bits per heavy atom. The van der Waals surface area contributed by atoms with Crippen molar-refractivity contribution in [1.29, 1.82) is 0 Å². The lowest BCUT2D eigenvalue weighted by molar-refractivity contribution is 0.102. The van der Waals surface area contributed by atoms with Gasteiger partial charge in [-0.25, -0.2) is 13.1 Å². The minimum Gasteiger partial charge on any atom is -0.322 e. The minimum absolute atomic E-state index is 0.00991. The maximum atomic E-state index is 12.5. The number of rotatable bonds is 5. The van der Waals surface area contributed by atoms with Crippen LogP contribution in [0.15, 0.2) is 53.7 Å². The van der Waals surface area contributed by atoms with Crippen molar-refractivity contribution in [2.24, 2.45) is 0 Å². The molecule has 1 aromatic carbocycles. The van der Waals surface area contributed by atoms with E-state index in [1.165, 1.54) is 12.1 Å². The van der Waals surface area contributed by atoms with Crippen molar-refractivity contribution >= 4 is 21.6 Å². The quantitative estimate of drug-likeness (QED) is 0.872. The van der Waals surface area contributed by atoms with Crippen LogP contribution in [-0.2, 0) is 10.0 Å². The number of nitrogens with one attached hydrogen (secondary N) is 2. The summed E-state index contributed by atoms with van der Waals surface area (Å²) in [4.78, 5) is 16.3. The number of sulfonamides is 1. The van der Waals surface area contributed by atoms with E-state index in [2.05, 4.69) is 15.0 Å². The topological polar surface area (TPSA) is 88.2 Å². The summed E-state index contributed by atoms with van der Waals surface area (Å²) in [6.45, 7) is 0. The molecule has 24 heavy (non-hydrogen) atoms. The van der Waals surface area contributed by atoms with Gasteiger partial charge in [0, 0.05) is 29.7 Å². The second kappa shape index (κ2) is 7.11. The van der Waals surface area contributed by atoms with E-state index in [9.17, 15) is 13.2 Å². The zero-order chi connectivity index (χ0) is 17.0. The number of amides is 1. The van der Waals surface area contributed by atoms with Gasteiger partial charge in [-0.15, -0.1) is 0 Å². The molecule has 0 radical (unpaired) electrons. The summed E-state index contributed by atoms with van der Waals surface area (Å²) in [7, 11) is -3.61. The summed E-state index contributed by atoms with van der Waals surface area (Å²) in [5.74, 6) is -0.362. The maximum absolute atomic E-state index is 12.5. The molecule has 1 aromatic heterocycles. The Morgan fingerprint density at radius 1 is 1.08 bits per heavy atom. The highest BCUT2D eigenvalue weighted by Crippen LogP contribution is 2.21. The number of aromatic nitrogens is 1. The molecule has 1 aliphatic rings. The number of nitrogens with zero attached hydrogens (tertiary/aromatic N) is 1. The fourth-order valence-electron chi connectivity index (χ4n) is 2.77. The molecule has 0 bridgehead atoms. The Bertz CT molecular complexity index is 816. The molecular weight excluding hydrogens is 326 g/mol. The van der Waals surface area contributed by atoms with Crippen LogP contribution in [0.4, 0.5) is 5.69 Å². The first-order chi connectivity index (χ1) is 11.5. The van der Waals surface area contributed by atoms with Crippen LogP contribution >= 0.6 is 0 Å². The average molecular weight is 345 g/mol. The number of benzene rings is 1. The fourth-order valence-corrected chi connectivity index (χ4v) is 4.12. The fraction of sp³-hybridized carbons (Fsp3) is 0.294. The van der Waals surface area contributed by atoms with Gasteiger partial charge in [-0.1, -0.05) is 18.9 Å². The molecule has 0 aliphatic heterocycles. The van der Waals surface area contributed by atoms with Crippen molar-refractivity contribution in [2.75, 3.05) is 5.32 Å². The normalized spacial score (nSPS) is 15.3. The Kier molecular flexibility index (Phi) is 4.92. The first kappa shape index (κ1) is 16.6. The van der Waals surface area contributed by atoms with E-state index >= 15 is 0 Å². The van der Waals surface area contributed by atoms with Crippen molar-refractivity contribution in [2.45, 2.75) is 36.6 Å². The lowest BCUT2D eigenvalue weighted by atomic mass is 10.2. The van der Waals surface area contributed by atoms with Crippen LogP contribution in [0.5, 0.6) is 0 Å². The van der Waals surface area contributed by atoms with Crippen molar-refractivity contribution in [3.05, 3.63) is 54.4 Å². The van der Waals surface area contributed by atoms with E-state index < -0.39 is 10.0 Å². The number of carbonyl (C=O) groups is 1. The molecule has 0 unspecified atom stereocenters. The molecule has 1 saturated carbocycles. The molecule has 1 amide bonds. The van der Waals surface area contributed by atoms with Crippen molar-refractivity contribution in [3.63, 3.8) is 0 Å². The van der Waals surface area contributed by atoms with Gasteiger partial charge >= 0.3 is 0 Å². The summed E-state index contributed by atoms with van der Waals surface area (Å²) in [6, 6.07) is 9.38. The molecule has 7 heteroatoms. The van der Waals surface area contributed by atoms with Crippen molar-refractivity contribution in [3.8, 4) is 0 Å². The second-order valence-electron chi connectivity index (χ2n) is 5.82. The van der Waals surface area contributed by atoms with Crippen LogP contribution in [0.25, 0.3) is 0 Å². The molecule has 6 nitrogen and oxygen atoms in total. The smallest absolute Gasteiger partial charge is 0.255 e. The predicted octanol–water partition coefficient (Wildman–Crippen LogP) is 2.55. The van der Waals surface area contributed by atoms with Gasteiger partial charge < -0.3 is 5.32 Å². The summed E-state index contributed by atoms with van der Waals surface area (Å²) in [6.07, 6.45) is 6.95. The highest BCUT2D eigenvalue weighted by atomic mass is 32.2. The summed E-state index contributed by atoms with van der Waals surface area (Å²) in [5, 5.41) is 2.72. The highest BCUT2D eigenvalue weighted by Gasteiger charge is 2.23. The third-order valence-corrected chi connectivity index (χ3v) is 5.54. The Morgan fingerprint density at radius 3 is 2.50 bits per heavy atom. The van der Waals surface area contributed by atoms with Crippen LogP contribution in [0.1, 0.15) is 36.0 Å². The molecule has 126 valence electrons. The Balaban J connectivity index is 1.77. The third kappa shape index (κ3) is 3.98. The second-order valence-corrected chi connectivity index (χ2v) is 7.53. The predicted molar refractivity (Wildman–Crippen MR) is 91.2 cm³/mol. The van der Waals surface area contributed by atoms with E-state index in [0.29, 0.717) is 11.3 Å². The standard InChI is InChI=1S/C17H19N3O3S/c21-17(19-14-8-10-18-11-9-14)13-4-3-7-16(12-13)24(22,23)20-15-5-1-2-6-15/h3-4,7-12,15,20H,1-2,5-6H2,(H,18,19,21). The number of carbonyl (C=O) groups excluding carboxylic acids is 1. The minimum atomic E-state index is -3.61. The van der Waals surface area contributed by atoms with Gasteiger partial charge in [0.25, 0.3) is 5.91 Å². The Labute approximate surface area is 141 Å². The van der Waals surface area contributed by atoms with E-state index in [4.69, 9.17) is 0 Å². The first-order valence-electron chi connectivity index (χ1n) is 7.88.